The van der Waals surface area contributed by atoms with Crippen molar-refractivity contribution in [1.82, 2.24) is 10.2 Å². The van der Waals surface area contributed by atoms with Crippen LogP contribution in [0.5, 0.6) is 0 Å². The monoisotopic (exact) mass is 258 g/mol. The summed E-state index contributed by atoms with van der Waals surface area (Å²) in [5.41, 5.74) is 0.538. The molecule has 2 nitrogen and oxygen atoms in total. The summed E-state index contributed by atoms with van der Waals surface area (Å²) in [5, 5.41) is 3.52. The third-order valence-corrected chi connectivity index (χ3v) is 4.81. The summed E-state index contributed by atoms with van der Waals surface area (Å²) in [6.07, 6.45) is 7.36. The first kappa shape index (κ1) is 13.6. The molecule has 0 bridgehead atoms. The Hall–Kier alpha value is 0.210. The zero-order valence-electron chi connectivity index (χ0n) is 11.2. The highest BCUT2D eigenvalue weighted by atomic mass is 35.5. The van der Waals surface area contributed by atoms with Gasteiger partial charge in [-0.3, -0.25) is 0 Å². The lowest BCUT2D eigenvalue weighted by Gasteiger charge is -2.35. The van der Waals surface area contributed by atoms with Crippen molar-refractivity contribution in [3.63, 3.8) is 0 Å². The van der Waals surface area contributed by atoms with Gasteiger partial charge in [0.25, 0.3) is 0 Å². The minimum absolute atomic E-state index is 0. The first-order valence-electron chi connectivity index (χ1n) is 7.09. The van der Waals surface area contributed by atoms with Crippen LogP contribution in [0.15, 0.2) is 0 Å². The molecular weight excluding hydrogens is 232 g/mol. The zero-order chi connectivity index (χ0) is 11.2. The molecule has 3 aliphatic rings. The molecule has 0 aromatic heterocycles. The lowest BCUT2D eigenvalue weighted by molar-refractivity contribution is 0.131. The average molecular weight is 259 g/mol. The van der Waals surface area contributed by atoms with Gasteiger partial charge in [0.1, 0.15) is 0 Å². The molecule has 0 amide bonds. The van der Waals surface area contributed by atoms with Crippen LogP contribution < -0.4 is 5.32 Å². The second kappa shape index (κ2) is 5.07. The van der Waals surface area contributed by atoms with Crippen LogP contribution in [0.25, 0.3) is 0 Å². The van der Waals surface area contributed by atoms with E-state index in [1.807, 2.05) is 0 Å². The smallest absolute Gasteiger partial charge is 0.0149 e. The minimum atomic E-state index is 0. The lowest BCUT2D eigenvalue weighted by atomic mass is 9.88. The maximum Gasteiger partial charge on any atom is 0.0149 e. The highest BCUT2D eigenvalue weighted by Crippen LogP contribution is 2.47. The van der Waals surface area contributed by atoms with Crippen LogP contribution in [0.4, 0.5) is 0 Å². The van der Waals surface area contributed by atoms with Crippen molar-refractivity contribution in [3.8, 4) is 0 Å². The topological polar surface area (TPSA) is 15.3 Å². The van der Waals surface area contributed by atoms with Gasteiger partial charge in [0.15, 0.2) is 0 Å². The molecule has 3 fully saturated rings. The molecule has 2 aliphatic carbocycles. The summed E-state index contributed by atoms with van der Waals surface area (Å²) in [5.74, 6) is 2.10. The Balaban J connectivity index is 0.00000108. The highest BCUT2D eigenvalue weighted by Gasteiger charge is 2.44. The number of rotatable bonds is 5. The Kier molecular flexibility index (Phi) is 4.06. The average Bonchev–Trinajstić information content (AvgIpc) is 3.11. The van der Waals surface area contributed by atoms with Crippen molar-refractivity contribution in [1.29, 1.82) is 0 Å². The van der Waals surface area contributed by atoms with Gasteiger partial charge in [-0.2, -0.15) is 0 Å². The summed E-state index contributed by atoms with van der Waals surface area (Å²) >= 11 is 0. The second-order valence-electron chi connectivity index (χ2n) is 6.82. The molecule has 17 heavy (non-hydrogen) atoms. The van der Waals surface area contributed by atoms with Gasteiger partial charge in [0.05, 0.1) is 0 Å². The number of hydrogen-bond donors (Lipinski definition) is 1. The van der Waals surface area contributed by atoms with E-state index < -0.39 is 0 Å². The highest BCUT2D eigenvalue weighted by molar-refractivity contribution is 5.85. The Bertz CT molecular complexity index is 243. The fourth-order valence-electron chi connectivity index (χ4n) is 3.69. The van der Waals surface area contributed by atoms with Gasteiger partial charge in [-0.15, -0.1) is 12.4 Å². The summed E-state index contributed by atoms with van der Waals surface area (Å²) < 4.78 is 0. The fraction of sp³-hybridized carbons (Fsp3) is 1.00. The lowest BCUT2D eigenvalue weighted by Crippen LogP contribution is -2.43. The van der Waals surface area contributed by atoms with Crippen LogP contribution >= 0.6 is 12.4 Å². The molecule has 2 saturated carbocycles. The van der Waals surface area contributed by atoms with E-state index in [4.69, 9.17) is 0 Å². The van der Waals surface area contributed by atoms with Gasteiger partial charge in [-0.05, 0) is 62.9 Å². The van der Waals surface area contributed by atoms with Crippen molar-refractivity contribution in [2.24, 2.45) is 17.3 Å². The molecule has 0 spiro atoms. The van der Waals surface area contributed by atoms with Gasteiger partial charge in [0.2, 0.25) is 0 Å². The summed E-state index contributed by atoms with van der Waals surface area (Å²) in [6, 6.07) is 0.928. The van der Waals surface area contributed by atoms with E-state index in [1.165, 1.54) is 51.7 Å². The van der Waals surface area contributed by atoms with Crippen LogP contribution in [0.3, 0.4) is 0 Å². The normalized spacial score (nSPS) is 33.2. The van der Waals surface area contributed by atoms with Gasteiger partial charge in [-0.1, -0.05) is 6.92 Å². The molecular formula is C14H27ClN2. The molecule has 1 aliphatic heterocycles. The summed E-state index contributed by atoms with van der Waals surface area (Å²) in [4.78, 5) is 2.71. The van der Waals surface area contributed by atoms with E-state index in [2.05, 4.69) is 24.2 Å². The molecule has 0 aromatic carbocycles. The van der Waals surface area contributed by atoms with E-state index in [9.17, 15) is 0 Å². The maximum absolute atomic E-state index is 3.52. The van der Waals surface area contributed by atoms with Crippen LogP contribution in [-0.2, 0) is 0 Å². The Morgan fingerprint density at radius 2 is 1.82 bits per heavy atom. The number of halogens is 1. The minimum Gasteiger partial charge on any atom is -0.316 e. The molecule has 100 valence electrons. The molecule has 0 radical (unpaired) electrons. The third-order valence-electron chi connectivity index (χ3n) is 4.81. The van der Waals surface area contributed by atoms with Crippen molar-refractivity contribution in [2.45, 2.75) is 45.1 Å². The van der Waals surface area contributed by atoms with Crippen molar-refractivity contribution < 1.29 is 0 Å². The molecule has 1 atom stereocenters. The molecule has 1 saturated heterocycles. The molecule has 3 heteroatoms. The third kappa shape index (κ3) is 3.15. The predicted molar refractivity (Wildman–Crippen MR) is 74.7 cm³/mol. The van der Waals surface area contributed by atoms with Gasteiger partial charge in [-0.25, -0.2) is 0 Å². The van der Waals surface area contributed by atoms with E-state index in [1.54, 1.807) is 0 Å². The van der Waals surface area contributed by atoms with Crippen LogP contribution in [0.2, 0.25) is 0 Å². The Morgan fingerprint density at radius 3 is 2.24 bits per heavy atom. The zero-order valence-corrected chi connectivity index (χ0v) is 12.1. The van der Waals surface area contributed by atoms with E-state index in [-0.39, 0.29) is 12.4 Å². The SMILES string of the molecule is CN(CC1(C)CCNC1)C(C1CC1)C1CC1.Cl. The number of nitrogens with zero attached hydrogens (tertiary/aromatic N) is 1. The largest absolute Gasteiger partial charge is 0.316 e. The Labute approximate surface area is 112 Å². The van der Waals surface area contributed by atoms with E-state index in [0.717, 1.165) is 17.9 Å². The van der Waals surface area contributed by atoms with Crippen molar-refractivity contribution >= 4 is 12.4 Å². The second-order valence-corrected chi connectivity index (χ2v) is 6.82. The van der Waals surface area contributed by atoms with Gasteiger partial charge >= 0.3 is 0 Å². The van der Waals surface area contributed by atoms with Crippen molar-refractivity contribution in [3.05, 3.63) is 0 Å². The summed E-state index contributed by atoms with van der Waals surface area (Å²) in [6.45, 7) is 6.21. The molecule has 3 rings (SSSR count). The van der Waals surface area contributed by atoms with E-state index in [0.29, 0.717) is 5.41 Å². The van der Waals surface area contributed by atoms with Crippen LogP contribution in [-0.4, -0.2) is 37.6 Å². The first-order valence-corrected chi connectivity index (χ1v) is 7.09. The Morgan fingerprint density at radius 1 is 1.24 bits per heavy atom. The van der Waals surface area contributed by atoms with Gasteiger partial charge in [0, 0.05) is 19.1 Å². The molecule has 0 aromatic rings. The maximum atomic E-state index is 3.52. The molecule has 1 heterocycles. The number of hydrogen-bond acceptors (Lipinski definition) is 2. The summed E-state index contributed by atoms with van der Waals surface area (Å²) in [7, 11) is 2.38. The van der Waals surface area contributed by atoms with E-state index >= 15 is 0 Å². The molecule has 1 unspecified atom stereocenters. The quantitative estimate of drug-likeness (QED) is 0.815. The molecule has 1 N–H and O–H groups in total. The number of nitrogens with one attached hydrogen (secondary N) is 1. The van der Waals surface area contributed by atoms with Crippen LogP contribution in [0, 0.1) is 17.3 Å². The predicted octanol–water partition coefficient (Wildman–Crippen LogP) is 2.53. The first-order chi connectivity index (χ1) is 7.68. The fourth-order valence-corrected chi connectivity index (χ4v) is 3.69. The van der Waals surface area contributed by atoms with Gasteiger partial charge < -0.3 is 10.2 Å². The van der Waals surface area contributed by atoms with Crippen molar-refractivity contribution in [2.75, 3.05) is 26.7 Å². The standard InChI is InChI=1S/C14H26N2.ClH/c1-14(7-8-15-9-14)10-16(2)13(11-3-4-11)12-5-6-12;/h11-13,15H,3-10H2,1-2H3;1H. The van der Waals surface area contributed by atoms with Crippen LogP contribution in [0.1, 0.15) is 39.0 Å².